The maximum atomic E-state index is 13.5. The Bertz CT molecular complexity index is 1110. The van der Waals surface area contributed by atoms with Gasteiger partial charge in [-0.15, -0.1) is 0 Å². The SMILES string of the molecule is CC(C)CNC(=O)[C@H](Cc1ccccc1)N(Cc1cccc(Cl)c1)C(=O)COc1ccc(Br)cc1. The summed E-state index contributed by atoms with van der Waals surface area (Å²) in [6.07, 6.45) is 0.384. The minimum atomic E-state index is -0.712. The number of halogens is 2. The summed E-state index contributed by atoms with van der Waals surface area (Å²) in [4.78, 5) is 28.5. The van der Waals surface area contributed by atoms with Crippen LogP contribution >= 0.6 is 27.5 Å². The lowest BCUT2D eigenvalue weighted by Gasteiger charge is -2.31. The number of amides is 2. The number of carbonyl (C=O) groups is 2. The van der Waals surface area contributed by atoms with Crippen molar-refractivity contribution in [2.75, 3.05) is 13.2 Å². The Labute approximate surface area is 220 Å². The first-order valence-corrected chi connectivity index (χ1v) is 12.7. The van der Waals surface area contributed by atoms with E-state index < -0.39 is 6.04 Å². The van der Waals surface area contributed by atoms with E-state index in [4.69, 9.17) is 16.3 Å². The second kappa shape index (κ2) is 13.3. The molecule has 1 N–H and O–H groups in total. The summed E-state index contributed by atoms with van der Waals surface area (Å²) >= 11 is 9.60. The molecule has 0 radical (unpaired) electrons. The summed E-state index contributed by atoms with van der Waals surface area (Å²) in [6, 6.07) is 23.6. The van der Waals surface area contributed by atoms with Crippen LogP contribution in [-0.4, -0.2) is 35.9 Å². The largest absolute Gasteiger partial charge is 0.484 e. The van der Waals surface area contributed by atoms with E-state index in [0.717, 1.165) is 15.6 Å². The van der Waals surface area contributed by atoms with Crippen LogP contribution in [0, 0.1) is 5.92 Å². The number of benzene rings is 3. The fraction of sp³-hybridized carbons (Fsp3) is 0.286. The molecule has 5 nitrogen and oxygen atoms in total. The second-order valence-electron chi connectivity index (χ2n) is 8.74. The third kappa shape index (κ3) is 8.71. The zero-order valence-electron chi connectivity index (χ0n) is 19.9. The van der Waals surface area contributed by atoms with Crippen LogP contribution in [0.3, 0.4) is 0 Å². The molecule has 0 aliphatic rings. The number of carbonyl (C=O) groups excluding carboxylic acids is 2. The first kappa shape index (κ1) is 26.8. The topological polar surface area (TPSA) is 58.6 Å². The van der Waals surface area contributed by atoms with Crippen molar-refractivity contribution in [3.8, 4) is 5.75 Å². The van der Waals surface area contributed by atoms with Crippen LogP contribution < -0.4 is 10.1 Å². The van der Waals surface area contributed by atoms with Gasteiger partial charge in [0.05, 0.1) is 0 Å². The average molecular weight is 558 g/mol. The summed E-state index contributed by atoms with van der Waals surface area (Å²) in [5.74, 6) is 0.386. The molecular weight excluding hydrogens is 528 g/mol. The van der Waals surface area contributed by atoms with Gasteiger partial charge < -0.3 is 15.0 Å². The molecule has 7 heteroatoms. The average Bonchev–Trinajstić information content (AvgIpc) is 2.85. The fourth-order valence-electron chi connectivity index (χ4n) is 3.57. The van der Waals surface area contributed by atoms with Crippen molar-refractivity contribution in [3.05, 3.63) is 99.5 Å². The maximum absolute atomic E-state index is 13.5. The fourth-order valence-corrected chi connectivity index (χ4v) is 4.04. The van der Waals surface area contributed by atoms with E-state index in [2.05, 4.69) is 21.2 Å². The number of hydrogen-bond acceptors (Lipinski definition) is 3. The van der Waals surface area contributed by atoms with Crippen molar-refractivity contribution < 1.29 is 14.3 Å². The Kier molecular flexibility index (Phi) is 10.2. The van der Waals surface area contributed by atoms with Gasteiger partial charge in [0.15, 0.2) is 6.61 Å². The number of nitrogens with zero attached hydrogens (tertiary/aromatic N) is 1. The van der Waals surface area contributed by atoms with Gasteiger partial charge in [0.25, 0.3) is 5.91 Å². The summed E-state index contributed by atoms with van der Waals surface area (Å²) < 4.78 is 6.69. The van der Waals surface area contributed by atoms with Crippen molar-refractivity contribution in [1.82, 2.24) is 10.2 Å². The Morgan fingerprint density at radius 1 is 0.971 bits per heavy atom. The number of rotatable bonds is 11. The standard InChI is InChI=1S/C28H30BrClN2O3/c1-20(2)17-31-28(34)26(16-21-7-4-3-5-8-21)32(18-22-9-6-10-24(30)15-22)27(33)19-35-25-13-11-23(29)12-14-25/h3-15,20,26H,16-19H2,1-2H3,(H,31,34)/t26-/m0/s1. The lowest BCUT2D eigenvalue weighted by atomic mass is 10.0. The predicted octanol–water partition coefficient (Wildman–Crippen LogP) is 5.89. The second-order valence-corrected chi connectivity index (χ2v) is 10.1. The van der Waals surface area contributed by atoms with Crippen LogP contribution in [0.25, 0.3) is 0 Å². The van der Waals surface area contributed by atoms with E-state index >= 15 is 0 Å². The van der Waals surface area contributed by atoms with E-state index in [1.165, 1.54) is 0 Å². The van der Waals surface area contributed by atoms with Gasteiger partial charge in [-0.1, -0.05) is 83.8 Å². The molecule has 0 saturated heterocycles. The van der Waals surface area contributed by atoms with Gasteiger partial charge in [-0.3, -0.25) is 9.59 Å². The molecular formula is C28H30BrClN2O3. The van der Waals surface area contributed by atoms with Crippen molar-refractivity contribution in [2.24, 2.45) is 5.92 Å². The van der Waals surface area contributed by atoms with Crippen LogP contribution in [-0.2, 0) is 22.6 Å². The first-order chi connectivity index (χ1) is 16.8. The summed E-state index contributed by atoms with van der Waals surface area (Å²) in [7, 11) is 0. The lowest BCUT2D eigenvalue weighted by molar-refractivity contribution is -0.142. The number of nitrogens with one attached hydrogen (secondary N) is 1. The Balaban J connectivity index is 1.89. The first-order valence-electron chi connectivity index (χ1n) is 11.6. The Morgan fingerprint density at radius 3 is 2.31 bits per heavy atom. The molecule has 184 valence electrons. The smallest absolute Gasteiger partial charge is 0.261 e. The molecule has 2 amide bonds. The highest BCUT2D eigenvalue weighted by molar-refractivity contribution is 9.10. The monoisotopic (exact) mass is 556 g/mol. The van der Waals surface area contributed by atoms with Gasteiger partial charge in [0.1, 0.15) is 11.8 Å². The van der Waals surface area contributed by atoms with Crippen molar-refractivity contribution in [2.45, 2.75) is 32.9 Å². The number of hydrogen-bond donors (Lipinski definition) is 1. The van der Waals surface area contributed by atoms with Gasteiger partial charge in [0, 0.05) is 29.0 Å². The van der Waals surface area contributed by atoms with Crippen LogP contribution in [0.4, 0.5) is 0 Å². The highest BCUT2D eigenvalue weighted by Crippen LogP contribution is 2.19. The van der Waals surface area contributed by atoms with Gasteiger partial charge in [-0.05, 0) is 53.4 Å². The van der Waals surface area contributed by atoms with Crippen molar-refractivity contribution >= 4 is 39.3 Å². The molecule has 3 aromatic rings. The highest BCUT2D eigenvalue weighted by Gasteiger charge is 2.30. The van der Waals surface area contributed by atoms with E-state index in [0.29, 0.717) is 23.7 Å². The van der Waals surface area contributed by atoms with Crippen molar-refractivity contribution in [3.63, 3.8) is 0 Å². The minimum absolute atomic E-state index is 0.190. The molecule has 0 bridgehead atoms. The van der Waals surface area contributed by atoms with Crippen LogP contribution in [0.2, 0.25) is 5.02 Å². The third-order valence-electron chi connectivity index (χ3n) is 5.37. The lowest BCUT2D eigenvalue weighted by Crippen LogP contribution is -2.52. The third-order valence-corrected chi connectivity index (χ3v) is 6.14. The summed E-state index contributed by atoms with van der Waals surface area (Å²) in [5.41, 5.74) is 1.80. The van der Waals surface area contributed by atoms with Crippen LogP contribution in [0.5, 0.6) is 5.75 Å². The molecule has 0 aliphatic heterocycles. The van der Waals surface area contributed by atoms with Gasteiger partial charge >= 0.3 is 0 Å². The van der Waals surface area contributed by atoms with E-state index in [9.17, 15) is 9.59 Å². The van der Waals surface area contributed by atoms with Crippen molar-refractivity contribution in [1.29, 1.82) is 0 Å². The zero-order valence-corrected chi connectivity index (χ0v) is 22.3. The molecule has 1 atom stereocenters. The van der Waals surface area contributed by atoms with E-state index in [1.54, 1.807) is 23.1 Å². The van der Waals surface area contributed by atoms with Gasteiger partial charge in [-0.2, -0.15) is 0 Å². The molecule has 35 heavy (non-hydrogen) atoms. The quantitative estimate of drug-likeness (QED) is 0.320. The van der Waals surface area contributed by atoms with E-state index in [-0.39, 0.29) is 30.9 Å². The van der Waals surface area contributed by atoms with E-state index in [1.807, 2.05) is 74.5 Å². The Morgan fingerprint density at radius 2 is 1.66 bits per heavy atom. The summed E-state index contributed by atoms with van der Waals surface area (Å²) in [6.45, 7) is 4.64. The van der Waals surface area contributed by atoms with Gasteiger partial charge in [-0.25, -0.2) is 0 Å². The molecule has 0 aliphatic carbocycles. The zero-order chi connectivity index (χ0) is 25.2. The molecule has 0 heterocycles. The molecule has 0 saturated carbocycles. The maximum Gasteiger partial charge on any atom is 0.261 e. The Hall–Kier alpha value is -2.83. The molecule has 3 aromatic carbocycles. The molecule has 0 aromatic heterocycles. The number of ether oxygens (including phenoxy) is 1. The minimum Gasteiger partial charge on any atom is -0.484 e. The molecule has 0 fully saturated rings. The normalized spacial score (nSPS) is 11.7. The molecule has 3 rings (SSSR count). The summed E-state index contributed by atoms with van der Waals surface area (Å²) in [5, 5.41) is 3.58. The van der Waals surface area contributed by atoms with Crippen LogP contribution in [0.15, 0.2) is 83.3 Å². The predicted molar refractivity (Wildman–Crippen MR) is 143 cm³/mol. The van der Waals surface area contributed by atoms with Gasteiger partial charge in [0.2, 0.25) is 5.91 Å². The molecule has 0 spiro atoms. The molecule has 0 unspecified atom stereocenters. The highest BCUT2D eigenvalue weighted by atomic mass is 79.9. The van der Waals surface area contributed by atoms with Crippen LogP contribution in [0.1, 0.15) is 25.0 Å².